The van der Waals surface area contributed by atoms with Crippen LogP contribution in [0.4, 0.5) is 0 Å². The summed E-state index contributed by atoms with van der Waals surface area (Å²) in [5.41, 5.74) is -0.244. The Labute approximate surface area is 129 Å². The number of carboxylic acid groups (broad SMARTS) is 1. The highest BCUT2D eigenvalue weighted by molar-refractivity contribution is 6.30. The molecule has 0 aromatic heterocycles. The molecule has 1 heterocycles. The summed E-state index contributed by atoms with van der Waals surface area (Å²) in [6, 6.07) is 6.72. The van der Waals surface area contributed by atoms with Gasteiger partial charge in [-0.3, -0.25) is 9.59 Å². The normalized spacial score (nSPS) is 22.1. The molecule has 0 saturated carbocycles. The lowest BCUT2D eigenvalue weighted by Crippen LogP contribution is -2.49. The van der Waals surface area contributed by atoms with Gasteiger partial charge < -0.3 is 10.0 Å². The summed E-state index contributed by atoms with van der Waals surface area (Å²) in [5.74, 6) is -0.911. The predicted molar refractivity (Wildman–Crippen MR) is 81.6 cm³/mol. The standard InChI is InChI=1S/C16H20ClNO3/c1-2-8-16(15(20)21)9-3-10-18(11-16)14(19)12-4-6-13(17)7-5-12/h4-7H,2-3,8-11H2,1H3,(H,20,21). The van der Waals surface area contributed by atoms with E-state index in [2.05, 4.69) is 0 Å². The van der Waals surface area contributed by atoms with Gasteiger partial charge in [-0.25, -0.2) is 0 Å². The minimum Gasteiger partial charge on any atom is -0.481 e. The van der Waals surface area contributed by atoms with Crippen molar-refractivity contribution in [1.29, 1.82) is 0 Å². The molecule has 4 nitrogen and oxygen atoms in total. The van der Waals surface area contributed by atoms with Crippen LogP contribution in [0.25, 0.3) is 0 Å². The Balaban J connectivity index is 2.18. The quantitative estimate of drug-likeness (QED) is 0.926. The first-order valence-electron chi connectivity index (χ1n) is 7.27. The lowest BCUT2D eigenvalue weighted by Gasteiger charge is -2.40. The topological polar surface area (TPSA) is 57.6 Å². The van der Waals surface area contributed by atoms with Gasteiger partial charge in [0.15, 0.2) is 0 Å². The second-order valence-corrected chi connectivity index (χ2v) is 6.11. The number of rotatable bonds is 4. The van der Waals surface area contributed by atoms with Crippen LogP contribution in [0.3, 0.4) is 0 Å². The van der Waals surface area contributed by atoms with E-state index < -0.39 is 11.4 Å². The molecule has 1 amide bonds. The Hall–Kier alpha value is -1.55. The fraction of sp³-hybridized carbons (Fsp3) is 0.500. The van der Waals surface area contributed by atoms with Crippen molar-refractivity contribution in [1.82, 2.24) is 4.90 Å². The summed E-state index contributed by atoms with van der Waals surface area (Å²) in [4.78, 5) is 25.8. The van der Waals surface area contributed by atoms with E-state index in [4.69, 9.17) is 11.6 Å². The minimum atomic E-state index is -0.797. The molecule has 0 spiro atoms. The van der Waals surface area contributed by atoms with Crippen molar-refractivity contribution < 1.29 is 14.7 Å². The van der Waals surface area contributed by atoms with Crippen LogP contribution in [0.2, 0.25) is 5.02 Å². The smallest absolute Gasteiger partial charge is 0.311 e. The molecule has 0 bridgehead atoms. The highest BCUT2D eigenvalue weighted by Crippen LogP contribution is 2.35. The molecular formula is C16H20ClNO3. The Kier molecular flexibility index (Phi) is 4.88. The van der Waals surface area contributed by atoms with Crippen molar-refractivity contribution in [3.8, 4) is 0 Å². The van der Waals surface area contributed by atoms with Gasteiger partial charge in [0.05, 0.1) is 5.41 Å². The minimum absolute atomic E-state index is 0.118. The van der Waals surface area contributed by atoms with E-state index in [1.54, 1.807) is 29.2 Å². The van der Waals surface area contributed by atoms with Crippen molar-refractivity contribution in [2.24, 2.45) is 5.41 Å². The lowest BCUT2D eigenvalue weighted by molar-refractivity contribution is -0.152. The third kappa shape index (κ3) is 3.38. The number of hydrogen-bond acceptors (Lipinski definition) is 2. The van der Waals surface area contributed by atoms with Crippen LogP contribution in [0.1, 0.15) is 43.0 Å². The highest BCUT2D eigenvalue weighted by atomic mass is 35.5. The molecule has 0 aliphatic carbocycles. The van der Waals surface area contributed by atoms with E-state index in [9.17, 15) is 14.7 Å². The maximum absolute atomic E-state index is 12.5. The maximum Gasteiger partial charge on any atom is 0.311 e. The molecule has 5 heteroatoms. The highest BCUT2D eigenvalue weighted by Gasteiger charge is 2.42. The number of halogens is 1. The number of amides is 1. The van der Waals surface area contributed by atoms with Crippen molar-refractivity contribution >= 4 is 23.5 Å². The van der Waals surface area contributed by atoms with Crippen molar-refractivity contribution in [3.63, 3.8) is 0 Å². The van der Waals surface area contributed by atoms with Crippen LogP contribution in [0.15, 0.2) is 24.3 Å². The molecule has 1 saturated heterocycles. The van der Waals surface area contributed by atoms with E-state index in [0.29, 0.717) is 30.0 Å². The van der Waals surface area contributed by atoms with Gasteiger partial charge in [-0.1, -0.05) is 24.9 Å². The third-order valence-electron chi connectivity index (χ3n) is 4.14. The number of carbonyl (C=O) groups excluding carboxylic acids is 1. The number of benzene rings is 1. The molecule has 1 atom stereocenters. The van der Waals surface area contributed by atoms with E-state index in [0.717, 1.165) is 12.8 Å². The van der Waals surface area contributed by atoms with Crippen LogP contribution in [-0.2, 0) is 4.79 Å². The molecule has 1 aliphatic heterocycles. The van der Waals surface area contributed by atoms with Gasteiger partial charge in [0, 0.05) is 23.7 Å². The number of hydrogen-bond donors (Lipinski definition) is 1. The van der Waals surface area contributed by atoms with Gasteiger partial charge in [0.1, 0.15) is 0 Å². The van der Waals surface area contributed by atoms with E-state index in [-0.39, 0.29) is 12.5 Å². The van der Waals surface area contributed by atoms with Crippen LogP contribution in [-0.4, -0.2) is 35.0 Å². The Morgan fingerprint density at radius 1 is 1.33 bits per heavy atom. The molecule has 1 aromatic carbocycles. The predicted octanol–water partition coefficient (Wildman–Crippen LogP) is 3.45. The summed E-state index contributed by atoms with van der Waals surface area (Å²) in [6.45, 7) is 2.88. The zero-order valence-electron chi connectivity index (χ0n) is 12.1. The SMILES string of the molecule is CCCC1(C(=O)O)CCCN(C(=O)c2ccc(Cl)cc2)C1. The van der Waals surface area contributed by atoms with Crippen LogP contribution in [0, 0.1) is 5.41 Å². The van der Waals surface area contributed by atoms with Gasteiger partial charge in [-0.15, -0.1) is 0 Å². The monoisotopic (exact) mass is 309 g/mol. The van der Waals surface area contributed by atoms with E-state index in [1.807, 2.05) is 6.92 Å². The average molecular weight is 310 g/mol. The molecule has 114 valence electrons. The van der Waals surface area contributed by atoms with E-state index in [1.165, 1.54) is 0 Å². The summed E-state index contributed by atoms with van der Waals surface area (Å²) >= 11 is 5.83. The zero-order chi connectivity index (χ0) is 15.5. The molecule has 1 fully saturated rings. The Morgan fingerprint density at radius 3 is 2.57 bits per heavy atom. The molecule has 1 unspecified atom stereocenters. The van der Waals surface area contributed by atoms with Gasteiger partial charge in [0.2, 0.25) is 0 Å². The van der Waals surface area contributed by atoms with Crippen molar-refractivity contribution in [2.75, 3.05) is 13.1 Å². The first-order chi connectivity index (χ1) is 9.98. The number of aliphatic carboxylic acids is 1. The number of likely N-dealkylation sites (tertiary alicyclic amines) is 1. The second-order valence-electron chi connectivity index (χ2n) is 5.67. The van der Waals surface area contributed by atoms with Crippen molar-refractivity contribution in [2.45, 2.75) is 32.6 Å². The van der Waals surface area contributed by atoms with Gasteiger partial charge >= 0.3 is 5.97 Å². The maximum atomic E-state index is 12.5. The van der Waals surface area contributed by atoms with Crippen LogP contribution in [0.5, 0.6) is 0 Å². The summed E-state index contributed by atoms with van der Waals surface area (Å²) < 4.78 is 0. The van der Waals surface area contributed by atoms with Gasteiger partial charge in [-0.05, 0) is 43.5 Å². The lowest BCUT2D eigenvalue weighted by atomic mass is 9.76. The van der Waals surface area contributed by atoms with Gasteiger partial charge in [-0.2, -0.15) is 0 Å². The zero-order valence-corrected chi connectivity index (χ0v) is 12.9. The molecule has 21 heavy (non-hydrogen) atoms. The number of carbonyl (C=O) groups is 2. The summed E-state index contributed by atoms with van der Waals surface area (Å²) in [7, 11) is 0. The first-order valence-corrected chi connectivity index (χ1v) is 7.64. The molecule has 2 rings (SSSR count). The van der Waals surface area contributed by atoms with Crippen LogP contribution >= 0.6 is 11.6 Å². The molecule has 1 aliphatic rings. The van der Waals surface area contributed by atoms with Crippen LogP contribution < -0.4 is 0 Å². The largest absolute Gasteiger partial charge is 0.481 e. The summed E-state index contributed by atoms with van der Waals surface area (Å²) in [6.07, 6.45) is 2.77. The molecule has 0 radical (unpaired) electrons. The van der Waals surface area contributed by atoms with Gasteiger partial charge in [0.25, 0.3) is 5.91 Å². The molecule has 1 N–H and O–H groups in total. The first kappa shape index (κ1) is 15.8. The second kappa shape index (κ2) is 6.48. The fourth-order valence-corrected chi connectivity index (χ4v) is 3.17. The number of nitrogens with zero attached hydrogens (tertiary/aromatic N) is 1. The third-order valence-corrected chi connectivity index (χ3v) is 4.39. The molecule has 1 aromatic rings. The average Bonchev–Trinajstić information content (AvgIpc) is 2.48. The Bertz CT molecular complexity index is 525. The fourth-order valence-electron chi connectivity index (χ4n) is 3.04. The number of piperidine rings is 1. The number of carboxylic acids is 1. The van der Waals surface area contributed by atoms with Crippen molar-refractivity contribution in [3.05, 3.63) is 34.9 Å². The Morgan fingerprint density at radius 2 is 2.00 bits per heavy atom. The summed E-state index contributed by atoms with van der Waals surface area (Å²) in [5, 5.41) is 10.2. The van der Waals surface area contributed by atoms with E-state index >= 15 is 0 Å². The molecular weight excluding hydrogens is 290 g/mol.